The number of nitrogens with one attached hydrogen (secondary N) is 2. The van der Waals surface area contributed by atoms with E-state index in [1.807, 2.05) is 0 Å². The van der Waals surface area contributed by atoms with Crippen LogP contribution >= 0.6 is 0 Å². The highest BCUT2D eigenvalue weighted by atomic mass is 16.6. The molecule has 1 atom stereocenters. The van der Waals surface area contributed by atoms with Gasteiger partial charge in [0.05, 0.1) is 16.0 Å². The third kappa shape index (κ3) is 3.46. The van der Waals surface area contributed by atoms with E-state index >= 15 is 0 Å². The van der Waals surface area contributed by atoms with Crippen molar-refractivity contribution in [1.82, 2.24) is 9.97 Å². The normalized spacial score (nSPS) is 12.5. The Kier molecular flexibility index (Phi) is 4.55. The summed E-state index contributed by atoms with van der Waals surface area (Å²) < 4.78 is 0. The molecule has 0 aliphatic rings. The Hall–Kier alpha value is -2.11. The maximum Gasteiger partial charge on any atom is 0.271 e. The summed E-state index contributed by atoms with van der Waals surface area (Å²) in [6.07, 6.45) is 4.72. The number of aromatic nitrogens is 2. The summed E-state index contributed by atoms with van der Waals surface area (Å²) in [4.78, 5) is 17.8. The van der Waals surface area contributed by atoms with Crippen molar-refractivity contribution in [2.45, 2.75) is 45.6 Å². The Morgan fingerprint density at radius 3 is 2.95 bits per heavy atom. The molecule has 2 rings (SSSR count). The molecule has 1 aromatic carbocycles. The average molecular weight is 276 g/mol. The van der Waals surface area contributed by atoms with Crippen molar-refractivity contribution in [3.8, 4) is 0 Å². The van der Waals surface area contributed by atoms with Crippen LogP contribution in [-0.4, -0.2) is 20.9 Å². The number of nitrogens with zero attached hydrogens (tertiary/aromatic N) is 2. The van der Waals surface area contributed by atoms with E-state index in [0.29, 0.717) is 17.5 Å². The number of nitro groups is 1. The van der Waals surface area contributed by atoms with Crippen LogP contribution in [0.2, 0.25) is 0 Å². The zero-order chi connectivity index (χ0) is 14.5. The van der Waals surface area contributed by atoms with Gasteiger partial charge in [0, 0.05) is 18.2 Å². The zero-order valence-corrected chi connectivity index (χ0v) is 11.8. The van der Waals surface area contributed by atoms with Gasteiger partial charge in [-0.1, -0.05) is 26.2 Å². The first kappa shape index (κ1) is 14.3. The van der Waals surface area contributed by atoms with Crippen LogP contribution in [0, 0.1) is 10.1 Å². The van der Waals surface area contributed by atoms with Gasteiger partial charge in [0.1, 0.15) is 0 Å². The smallest absolute Gasteiger partial charge is 0.271 e. The van der Waals surface area contributed by atoms with E-state index in [-0.39, 0.29) is 5.69 Å². The number of unbranched alkanes of at least 4 members (excludes halogenated alkanes) is 2. The Balaban J connectivity index is 2.05. The average Bonchev–Trinajstić information content (AvgIpc) is 2.79. The van der Waals surface area contributed by atoms with Gasteiger partial charge in [0.2, 0.25) is 5.95 Å². The van der Waals surface area contributed by atoms with E-state index in [2.05, 4.69) is 29.1 Å². The molecule has 1 aromatic heterocycles. The molecule has 6 heteroatoms. The maximum atomic E-state index is 10.7. The van der Waals surface area contributed by atoms with Crippen molar-refractivity contribution in [1.29, 1.82) is 0 Å². The predicted molar refractivity (Wildman–Crippen MR) is 80.0 cm³/mol. The molecular weight excluding hydrogens is 256 g/mol. The second-order valence-electron chi connectivity index (χ2n) is 5.09. The largest absolute Gasteiger partial charge is 0.353 e. The molecule has 2 aromatic rings. The first-order valence-electron chi connectivity index (χ1n) is 7.01. The topological polar surface area (TPSA) is 83.8 Å². The van der Waals surface area contributed by atoms with Gasteiger partial charge in [-0.3, -0.25) is 10.1 Å². The van der Waals surface area contributed by atoms with E-state index in [1.165, 1.54) is 31.4 Å². The lowest BCUT2D eigenvalue weighted by Gasteiger charge is -2.12. The van der Waals surface area contributed by atoms with E-state index in [1.54, 1.807) is 6.07 Å². The SMILES string of the molecule is CCCCCC(C)Nc1nc2ccc([N+](=O)[O-])cc2[nH]1. The predicted octanol–water partition coefficient (Wildman–Crippen LogP) is 3.85. The lowest BCUT2D eigenvalue weighted by molar-refractivity contribution is -0.384. The highest BCUT2D eigenvalue weighted by molar-refractivity contribution is 5.79. The van der Waals surface area contributed by atoms with Gasteiger partial charge in [-0.05, 0) is 19.4 Å². The van der Waals surface area contributed by atoms with Crippen molar-refractivity contribution in [2.24, 2.45) is 0 Å². The number of hydrogen-bond donors (Lipinski definition) is 2. The van der Waals surface area contributed by atoms with Crippen LogP contribution in [-0.2, 0) is 0 Å². The van der Waals surface area contributed by atoms with E-state index < -0.39 is 4.92 Å². The molecular formula is C14H20N4O2. The van der Waals surface area contributed by atoms with Crippen LogP contribution in [0.4, 0.5) is 11.6 Å². The van der Waals surface area contributed by atoms with Gasteiger partial charge in [0.25, 0.3) is 5.69 Å². The van der Waals surface area contributed by atoms with Crippen LogP contribution in [0.1, 0.15) is 39.5 Å². The molecule has 20 heavy (non-hydrogen) atoms. The summed E-state index contributed by atoms with van der Waals surface area (Å²) in [5.74, 6) is 0.671. The van der Waals surface area contributed by atoms with Gasteiger partial charge in [-0.15, -0.1) is 0 Å². The molecule has 0 aliphatic heterocycles. The van der Waals surface area contributed by atoms with Gasteiger partial charge in [0.15, 0.2) is 0 Å². The summed E-state index contributed by atoms with van der Waals surface area (Å²) in [5, 5.41) is 14.0. The monoisotopic (exact) mass is 276 g/mol. The van der Waals surface area contributed by atoms with Crippen LogP contribution in [0.5, 0.6) is 0 Å². The van der Waals surface area contributed by atoms with Crippen molar-refractivity contribution in [3.05, 3.63) is 28.3 Å². The van der Waals surface area contributed by atoms with Crippen LogP contribution in [0.25, 0.3) is 11.0 Å². The molecule has 0 aliphatic carbocycles. The second-order valence-corrected chi connectivity index (χ2v) is 5.09. The highest BCUT2D eigenvalue weighted by Gasteiger charge is 2.10. The number of H-pyrrole nitrogens is 1. The molecule has 0 radical (unpaired) electrons. The molecule has 0 saturated heterocycles. The summed E-state index contributed by atoms with van der Waals surface area (Å²) >= 11 is 0. The fourth-order valence-electron chi connectivity index (χ4n) is 2.19. The summed E-state index contributed by atoms with van der Waals surface area (Å²) in [7, 11) is 0. The molecule has 0 bridgehead atoms. The number of benzene rings is 1. The Bertz CT molecular complexity index is 594. The number of anilines is 1. The van der Waals surface area contributed by atoms with Crippen molar-refractivity contribution in [2.75, 3.05) is 5.32 Å². The molecule has 0 saturated carbocycles. The fraction of sp³-hybridized carbons (Fsp3) is 0.500. The minimum atomic E-state index is -0.402. The number of non-ortho nitro benzene ring substituents is 1. The minimum absolute atomic E-state index is 0.0729. The van der Waals surface area contributed by atoms with Gasteiger partial charge in [-0.25, -0.2) is 4.98 Å². The molecule has 2 N–H and O–H groups in total. The number of imidazole rings is 1. The second kappa shape index (κ2) is 6.36. The number of aromatic amines is 1. The fourth-order valence-corrected chi connectivity index (χ4v) is 2.19. The molecule has 1 unspecified atom stereocenters. The van der Waals surface area contributed by atoms with Crippen LogP contribution < -0.4 is 5.32 Å². The summed E-state index contributed by atoms with van der Waals surface area (Å²) in [5.41, 5.74) is 1.49. The Labute approximate surface area is 117 Å². The summed E-state index contributed by atoms with van der Waals surface area (Å²) in [6.45, 7) is 4.30. The number of hydrogen-bond acceptors (Lipinski definition) is 4. The first-order chi connectivity index (χ1) is 9.60. The van der Waals surface area contributed by atoms with Crippen molar-refractivity contribution in [3.63, 3.8) is 0 Å². The van der Waals surface area contributed by atoms with Crippen LogP contribution in [0.15, 0.2) is 18.2 Å². The Morgan fingerprint density at radius 1 is 1.45 bits per heavy atom. The molecule has 0 fully saturated rings. The number of rotatable bonds is 7. The first-order valence-corrected chi connectivity index (χ1v) is 7.01. The molecule has 1 heterocycles. The number of nitro benzene ring substituents is 1. The summed E-state index contributed by atoms with van der Waals surface area (Å²) in [6, 6.07) is 4.97. The van der Waals surface area contributed by atoms with Gasteiger partial charge >= 0.3 is 0 Å². The van der Waals surface area contributed by atoms with Gasteiger partial charge < -0.3 is 10.3 Å². The van der Waals surface area contributed by atoms with E-state index in [9.17, 15) is 10.1 Å². The molecule has 108 valence electrons. The standard InChI is InChI=1S/C14H20N4O2/c1-3-4-5-6-10(2)15-14-16-12-8-7-11(18(19)20)9-13(12)17-14/h7-10H,3-6H2,1-2H3,(H2,15,16,17). The maximum absolute atomic E-state index is 10.7. The van der Waals surface area contributed by atoms with E-state index in [4.69, 9.17) is 0 Å². The quantitative estimate of drug-likeness (QED) is 0.457. The van der Waals surface area contributed by atoms with Crippen molar-refractivity contribution >= 4 is 22.7 Å². The molecule has 0 spiro atoms. The molecule has 0 amide bonds. The lowest BCUT2D eigenvalue weighted by Crippen LogP contribution is -2.15. The number of fused-ring (bicyclic) bond motifs is 1. The zero-order valence-electron chi connectivity index (χ0n) is 11.8. The minimum Gasteiger partial charge on any atom is -0.353 e. The highest BCUT2D eigenvalue weighted by Crippen LogP contribution is 2.21. The van der Waals surface area contributed by atoms with E-state index in [0.717, 1.165) is 11.9 Å². The molecule has 6 nitrogen and oxygen atoms in total. The van der Waals surface area contributed by atoms with Crippen molar-refractivity contribution < 1.29 is 4.92 Å². The van der Waals surface area contributed by atoms with Gasteiger partial charge in [-0.2, -0.15) is 0 Å². The lowest BCUT2D eigenvalue weighted by atomic mass is 10.1. The third-order valence-corrected chi connectivity index (χ3v) is 3.30. The third-order valence-electron chi connectivity index (χ3n) is 3.30. The van der Waals surface area contributed by atoms with Crippen LogP contribution in [0.3, 0.4) is 0 Å². The Morgan fingerprint density at radius 2 is 2.25 bits per heavy atom.